The molecule has 2 aromatic rings. The molecule has 0 N–H and O–H groups in total. The number of fused-ring (bicyclic) bond motifs is 4. The molecule has 3 heterocycles. The second-order valence-corrected chi connectivity index (χ2v) is 22.7. The molecule has 44 heavy (non-hydrogen) atoms. The first-order chi connectivity index (χ1) is 20.0. The summed E-state index contributed by atoms with van der Waals surface area (Å²) in [4.78, 5) is 3.47. The van der Waals surface area contributed by atoms with Gasteiger partial charge in [-0.1, -0.05) is 72.6 Å². The van der Waals surface area contributed by atoms with Crippen LogP contribution in [0.25, 0.3) is 0 Å². The fourth-order valence-corrected chi connectivity index (χ4v) is 9.44. The van der Waals surface area contributed by atoms with Gasteiger partial charge < -0.3 is 13.9 Å². The molecule has 0 amide bonds. The van der Waals surface area contributed by atoms with E-state index in [-0.39, 0.29) is 22.5 Å². The summed E-state index contributed by atoms with van der Waals surface area (Å²) in [6.07, 6.45) is 5.56. The number of rotatable bonds is 5. The molecule has 1 aromatic heterocycles. The lowest BCUT2D eigenvalue weighted by atomic mass is 9.58. The van der Waals surface area contributed by atoms with Crippen molar-refractivity contribution >= 4 is 18.5 Å². The van der Waals surface area contributed by atoms with E-state index in [1.807, 2.05) is 0 Å². The largest absolute Gasteiger partial charge is 0.410 e. The van der Waals surface area contributed by atoms with Crippen molar-refractivity contribution in [3.05, 3.63) is 57.9 Å². The van der Waals surface area contributed by atoms with Crippen LogP contribution in [0.1, 0.15) is 125 Å². The maximum atomic E-state index is 13.6. The molecule has 1 saturated heterocycles. The van der Waals surface area contributed by atoms with Gasteiger partial charge >= 0.3 is 10.2 Å². The number of pyridine rings is 1. The van der Waals surface area contributed by atoms with Crippen LogP contribution in [0, 0.1) is 5.41 Å². The molecular formula is C33H46F5NO3SSi. The number of benzene rings is 1. The van der Waals surface area contributed by atoms with Gasteiger partial charge in [0, 0.05) is 48.6 Å². The van der Waals surface area contributed by atoms with Crippen LogP contribution < -0.4 is 0 Å². The molecule has 1 aromatic carbocycles. The van der Waals surface area contributed by atoms with Gasteiger partial charge in [0.2, 0.25) is 0 Å². The normalized spacial score (nSPS) is 26.2. The molecule has 2 fully saturated rings. The van der Waals surface area contributed by atoms with Gasteiger partial charge in [0.1, 0.15) is 11.0 Å². The first-order valence-corrected chi connectivity index (χ1v) is 20.8. The van der Waals surface area contributed by atoms with Gasteiger partial charge in [0.05, 0.1) is 11.7 Å². The third-order valence-electron chi connectivity index (χ3n) is 11.1. The van der Waals surface area contributed by atoms with Crippen LogP contribution in [0.15, 0.2) is 29.2 Å². The molecule has 246 valence electrons. The summed E-state index contributed by atoms with van der Waals surface area (Å²) >= 11 is 0. The van der Waals surface area contributed by atoms with Crippen molar-refractivity contribution in [3.63, 3.8) is 0 Å². The summed E-state index contributed by atoms with van der Waals surface area (Å²) in [7, 11) is -12.0. The summed E-state index contributed by atoms with van der Waals surface area (Å²) in [6.45, 7) is 16.4. The maximum absolute atomic E-state index is 13.6. The van der Waals surface area contributed by atoms with E-state index < -0.39 is 35.1 Å². The summed E-state index contributed by atoms with van der Waals surface area (Å²) in [6, 6.07) is 3.30. The Balaban J connectivity index is 1.58. The Bertz CT molecular complexity index is 1460. The van der Waals surface area contributed by atoms with Crippen molar-refractivity contribution < 1.29 is 33.3 Å². The van der Waals surface area contributed by atoms with Crippen molar-refractivity contribution in [2.24, 2.45) is 5.41 Å². The summed E-state index contributed by atoms with van der Waals surface area (Å²) < 4.78 is 88.2. The zero-order valence-corrected chi connectivity index (χ0v) is 28.7. The van der Waals surface area contributed by atoms with Gasteiger partial charge in [-0.3, -0.25) is 4.98 Å². The predicted octanol–water partition coefficient (Wildman–Crippen LogP) is 11.2. The van der Waals surface area contributed by atoms with Gasteiger partial charge in [-0.25, -0.2) is 0 Å². The molecule has 4 nitrogen and oxygen atoms in total. The lowest BCUT2D eigenvalue weighted by Gasteiger charge is -2.51. The number of halogens is 5. The molecule has 2 aliphatic heterocycles. The highest BCUT2D eigenvalue weighted by atomic mass is 32.5. The Hall–Kier alpha value is -1.53. The van der Waals surface area contributed by atoms with Crippen LogP contribution in [0.2, 0.25) is 18.1 Å². The van der Waals surface area contributed by atoms with Gasteiger partial charge in [0.15, 0.2) is 8.32 Å². The number of nitrogens with zero attached hydrogens (tertiary/aromatic N) is 1. The van der Waals surface area contributed by atoms with E-state index in [1.165, 1.54) is 6.42 Å². The van der Waals surface area contributed by atoms with E-state index in [2.05, 4.69) is 47.7 Å². The fraction of sp³-hybridized carbons (Fsp3) is 0.667. The molecule has 0 radical (unpaired) electrons. The van der Waals surface area contributed by atoms with Gasteiger partial charge in [0.25, 0.3) is 0 Å². The van der Waals surface area contributed by atoms with E-state index >= 15 is 0 Å². The SMILES string of the molecule is CC(C)c1nc2c(c3c1C(c1ccc(S(F)(F)(F)(F)F)cc1)OC31CCOCC1)C(O[Si](C)(C)C(C)(C)C)CC1(CCC1)C2. The van der Waals surface area contributed by atoms with E-state index in [4.69, 9.17) is 18.9 Å². The topological polar surface area (TPSA) is 40.6 Å². The van der Waals surface area contributed by atoms with Crippen molar-refractivity contribution in [1.82, 2.24) is 4.98 Å². The van der Waals surface area contributed by atoms with E-state index in [0.717, 1.165) is 65.9 Å². The van der Waals surface area contributed by atoms with Crippen LogP contribution in [0.3, 0.4) is 0 Å². The molecule has 2 aliphatic carbocycles. The molecule has 2 atom stereocenters. The molecule has 0 bridgehead atoms. The minimum Gasteiger partial charge on any atom is -0.410 e. The highest BCUT2D eigenvalue weighted by Gasteiger charge is 2.65. The Morgan fingerprint density at radius 3 is 2.07 bits per heavy atom. The number of hydrogen-bond acceptors (Lipinski definition) is 4. The van der Waals surface area contributed by atoms with Crippen LogP contribution in [0.5, 0.6) is 0 Å². The lowest BCUT2D eigenvalue weighted by molar-refractivity contribution is -0.122. The zero-order valence-electron chi connectivity index (χ0n) is 26.9. The molecule has 1 saturated carbocycles. The molecule has 6 rings (SSSR count). The van der Waals surface area contributed by atoms with Crippen molar-refractivity contribution in [3.8, 4) is 0 Å². The monoisotopic (exact) mass is 659 g/mol. The molecular weight excluding hydrogens is 614 g/mol. The average Bonchev–Trinajstić information content (AvgIpc) is 3.19. The standard InChI is InChI=1S/C33H46F5NO3SSi/c1-21(2)29-27-28(26-24(39-29)19-32(13-8-14-32)20-25(26)42-44(6,7)31(3,4)5)33(15-17-40-18-16-33)41-30(27)22-9-11-23(12-10-22)43(34,35,36,37)38/h9-12,21,25,30H,8,13-20H2,1-7H3. The van der Waals surface area contributed by atoms with Crippen LogP contribution in [0.4, 0.5) is 19.4 Å². The smallest absolute Gasteiger partial charge is 0.310 e. The van der Waals surface area contributed by atoms with Gasteiger partial charge in [-0.2, -0.15) is 0 Å². The van der Waals surface area contributed by atoms with Crippen molar-refractivity contribution in [2.75, 3.05) is 13.2 Å². The first-order valence-electron chi connectivity index (χ1n) is 15.9. The minimum atomic E-state index is -9.82. The first kappa shape index (κ1) is 32.4. The fourth-order valence-electron chi connectivity index (χ4n) is 7.52. The Morgan fingerprint density at radius 1 is 0.955 bits per heavy atom. The third-order valence-corrected chi connectivity index (χ3v) is 16.7. The average molecular weight is 660 g/mol. The van der Waals surface area contributed by atoms with Gasteiger partial charge in [-0.05, 0) is 78.4 Å². The second-order valence-electron chi connectivity index (χ2n) is 15.5. The second kappa shape index (κ2) is 9.52. The quantitative estimate of drug-likeness (QED) is 0.237. The minimum absolute atomic E-state index is 0.00806. The van der Waals surface area contributed by atoms with Crippen molar-refractivity contribution in [1.29, 1.82) is 0 Å². The molecule has 2 unspecified atom stereocenters. The lowest BCUT2D eigenvalue weighted by Crippen LogP contribution is -2.47. The van der Waals surface area contributed by atoms with Crippen LogP contribution >= 0.6 is 10.2 Å². The predicted molar refractivity (Wildman–Crippen MR) is 166 cm³/mol. The molecule has 11 heteroatoms. The highest BCUT2D eigenvalue weighted by molar-refractivity contribution is 8.45. The van der Waals surface area contributed by atoms with Crippen LogP contribution in [-0.4, -0.2) is 26.5 Å². The van der Waals surface area contributed by atoms with Crippen LogP contribution in [-0.2, 0) is 25.9 Å². The Morgan fingerprint density at radius 2 is 1.57 bits per heavy atom. The third kappa shape index (κ3) is 5.46. The summed E-state index contributed by atoms with van der Waals surface area (Å²) in [5, 5.41) is -0.00806. The zero-order chi connectivity index (χ0) is 32.2. The number of ether oxygens (including phenoxy) is 2. The molecule has 4 aliphatic rings. The maximum Gasteiger partial charge on any atom is 0.310 e. The van der Waals surface area contributed by atoms with E-state index in [0.29, 0.717) is 43.8 Å². The Labute approximate surface area is 259 Å². The number of aromatic nitrogens is 1. The summed E-state index contributed by atoms with van der Waals surface area (Å²) in [5.41, 5.74) is 4.81. The van der Waals surface area contributed by atoms with Crippen molar-refractivity contribution in [2.45, 2.75) is 126 Å². The Kier molecular flexibility index (Phi) is 7.01. The number of hydrogen-bond donors (Lipinski definition) is 0. The molecule has 2 spiro atoms. The van der Waals surface area contributed by atoms with Gasteiger partial charge in [-0.15, -0.1) is 0 Å². The highest BCUT2D eigenvalue weighted by Crippen LogP contribution is 3.02. The van der Waals surface area contributed by atoms with E-state index in [9.17, 15) is 19.4 Å². The summed E-state index contributed by atoms with van der Waals surface area (Å²) in [5.74, 6) is 0.0122. The van der Waals surface area contributed by atoms with E-state index in [1.54, 1.807) is 0 Å².